The van der Waals surface area contributed by atoms with E-state index in [1.165, 1.54) is 24.4 Å². The number of halogens is 3. The van der Waals surface area contributed by atoms with E-state index in [9.17, 15) is 8.78 Å². The molecule has 0 saturated carbocycles. The van der Waals surface area contributed by atoms with E-state index in [1.807, 2.05) is 0 Å². The summed E-state index contributed by atoms with van der Waals surface area (Å²) in [4.78, 5) is 4.07. The molecule has 90 valence electrons. The fourth-order valence-corrected chi connectivity index (χ4v) is 2.12. The third-order valence-corrected chi connectivity index (χ3v) is 3.00. The quantitative estimate of drug-likeness (QED) is 0.651. The van der Waals surface area contributed by atoms with Gasteiger partial charge in [-0.25, -0.2) is 13.8 Å². The largest absolute Gasteiger partial charge is 0.298 e. The Labute approximate surface area is 106 Å². The van der Waals surface area contributed by atoms with Crippen LogP contribution in [0.4, 0.5) is 8.78 Å². The normalized spacial score (nSPS) is 11.1. The maximum atomic E-state index is 13.7. The molecule has 0 aliphatic heterocycles. The average Bonchev–Trinajstić information content (AvgIpc) is 2.75. The molecule has 0 aliphatic carbocycles. The highest BCUT2D eigenvalue weighted by molar-refractivity contribution is 6.33. The minimum atomic E-state index is -0.628. The van der Waals surface area contributed by atoms with Crippen LogP contribution >= 0.6 is 11.6 Å². The van der Waals surface area contributed by atoms with E-state index in [-0.39, 0.29) is 5.56 Å². The van der Waals surface area contributed by atoms with Crippen molar-refractivity contribution in [3.8, 4) is 11.3 Å². The molecule has 0 amide bonds. The highest BCUT2D eigenvalue weighted by atomic mass is 35.5. The molecule has 0 spiro atoms. The topological polar surface area (TPSA) is 17.3 Å². The minimum Gasteiger partial charge on any atom is -0.298 e. The molecule has 0 N–H and O–H groups in total. The van der Waals surface area contributed by atoms with Crippen LogP contribution in [0.1, 0.15) is 0 Å². The van der Waals surface area contributed by atoms with Gasteiger partial charge in [-0.15, -0.1) is 0 Å². The van der Waals surface area contributed by atoms with Crippen molar-refractivity contribution < 1.29 is 8.78 Å². The number of hydrogen-bond donors (Lipinski definition) is 0. The fourth-order valence-electron chi connectivity index (χ4n) is 1.90. The minimum absolute atomic E-state index is 0.104. The van der Waals surface area contributed by atoms with E-state index in [2.05, 4.69) is 4.98 Å². The fraction of sp³-hybridized carbons (Fsp3) is 0. The predicted octanol–water partition coefficient (Wildman–Crippen LogP) is 3.93. The molecule has 0 saturated heterocycles. The lowest BCUT2D eigenvalue weighted by atomic mass is 10.1. The van der Waals surface area contributed by atoms with Crippen molar-refractivity contribution in [2.24, 2.45) is 0 Å². The number of nitrogens with zero attached hydrogens (tertiary/aromatic N) is 2. The van der Waals surface area contributed by atoms with Gasteiger partial charge in [0.2, 0.25) is 0 Å². The van der Waals surface area contributed by atoms with Gasteiger partial charge in [0.25, 0.3) is 0 Å². The molecule has 18 heavy (non-hydrogen) atoms. The van der Waals surface area contributed by atoms with Crippen LogP contribution in [0, 0.1) is 11.6 Å². The van der Waals surface area contributed by atoms with Gasteiger partial charge in [-0.05, 0) is 24.3 Å². The molecule has 0 fully saturated rings. The second-order valence-corrected chi connectivity index (χ2v) is 4.20. The molecule has 5 heteroatoms. The first-order valence-corrected chi connectivity index (χ1v) is 5.62. The van der Waals surface area contributed by atoms with Gasteiger partial charge in [0.1, 0.15) is 11.6 Å². The summed E-state index contributed by atoms with van der Waals surface area (Å²) >= 11 is 5.97. The Bertz CT molecular complexity index is 717. The van der Waals surface area contributed by atoms with Crippen LogP contribution in [-0.4, -0.2) is 9.38 Å². The zero-order valence-electron chi connectivity index (χ0n) is 9.07. The molecular formula is C13H7ClF2N2. The van der Waals surface area contributed by atoms with Gasteiger partial charge in [-0.3, -0.25) is 4.40 Å². The van der Waals surface area contributed by atoms with Crippen LogP contribution in [0.15, 0.2) is 42.7 Å². The summed E-state index contributed by atoms with van der Waals surface area (Å²) in [6.07, 6.45) is 3.07. The molecule has 1 aromatic carbocycles. The van der Waals surface area contributed by atoms with Gasteiger partial charge in [0.05, 0.1) is 22.5 Å². The lowest BCUT2D eigenvalue weighted by molar-refractivity contribution is 0.588. The second-order valence-electron chi connectivity index (χ2n) is 3.79. The standard InChI is InChI=1S/C13H7ClF2N2/c14-8-3-2-6-18-11(7-17-13(8)18)12-9(15)4-1-5-10(12)16/h1-7H. The lowest BCUT2D eigenvalue weighted by Crippen LogP contribution is -1.94. The Hall–Kier alpha value is -1.94. The molecule has 0 bridgehead atoms. The van der Waals surface area contributed by atoms with E-state index in [0.29, 0.717) is 16.4 Å². The molecular weight excluding hydrogens is 258 g/mol. The number of hydrogen-bond acceptors (Lipinski definition) is 1. The Morgan fingerprint density at radius 1 is 1.06 bits per heavy atom. The number of rotatable bonds is 1. The molecule has 3 aromatic rings. The molecule has 2 heterocycles. The van der Waals surface area contributed by atoms with Crippen molar-refractivity contribution in [2.45, 2.75) is 0 Å². The Kier molecular flexibility index (Phi) is 2.52. The maximum Gasteiger partial charge on any atom is 0.156 e. The van der Waals surface area contributed by atoms with Gasteiger partial charge < -0.3 is 0 Å². The Morgan fingerprint density at radius 3 is 2.50 bits per heavy atom. The second kappa shape index (κ2) is 4.07. The van der Waals surface area contributed by atoms with Gasteiger partial charge in [-0.2, -0.15) is 0 Å². The summed E-state index contributed by atoms with van der Waals surface area (Å²) in [6.45, 7) is 0. The van der Waals surface area contributed by atoms with Crippen LogP contribution < -0.4 is 0 Å². The molecule has 0 aliphatic rings. The first-order chi connectivity index (χ1) is 8.68. The van der Waals surface area contributed by atoms with Crippen molar-refractivity contribution in [1.29, 1.82) is 0 Å². The zero-order valence-corrected chi connectivity index (χ0v) is 9.83. The summed E-state index contributed by atoms with van der Waals surface area (Å²) in [5.74, 6) is -1.26. The lowest BCUT2D eigenvalue weighted by Gasteiger charge is -2.05. The highest BCUT2D eigenvalue weighted by Crippen LogP contribution is 2.28. The third kappa shape index (κ3) is 1.57. The summed E-state index contributed by atoms with van der Waals surface area (Å²) in [6, 6.07) is 7.11. The predicted molar refractivity (Wildman–Crippen MR) is 65.6 cm³/mol. The van der Waals surface area contributed by atoms with Crippen molar-refractivity contribution >= 4 is 17.2 Å². The number of aromatic nitrogens is 2. The summed E-state index contributed by atoms with van der Waals surface area (Å²) in [5, 5.41) is 0.431. The van der Waals surface area contributed by atoms with Gasteiger partial charge >= 0.3 is 0 Å². The van der Waals surface area contributed by atoms with E-state index in [1.54, 1.807) is 22.7 Å². The summed E-state index contributed by atoms with van der Waals surface area (Å²) in [7, 11) is 0. The van der Waals surface area contributed by atoms with Crippen molar-refractivity contribution in [3.05, 3.63) is 59.4 Å². The van der Waals surface area contributed by atoms with Gasteiger partial charge in [-0.1, -0.05) is 17.7 Å². The zero-order chi connectivity index (χ0) is 12.7. The van der Waals surface area contributed by atoms with Crippen LogP contribution in [0.5, 0.6) is 0 Å². The molecule has 0 unspecified atom stereocenters. The Morgan fingerprint density at radius 2 is 1.78 bits per heavy atom. The molecule has 2 nitrogen and oxygen atoms in total. The maximum absolute atomic E-state index is 13.7. The number of fused-ring (bicyclic) bond motifs is 1. The average molecular weight is 265 g/mol. The molecule has 2 aromatic heterocycles. The summed E-state index contributed by atoms with van der Waals surface area (Å²) in [5.41, 5.74) is 0.701. The van der Waals surface area contributed by atoms with E-state index < -0.39 is 11.6 Å². The third-order valence-electron chi connectivity index (χ3n) is 2.71. The van der Waals surface area contributed by atoms with E-state index in [4.69, 9.17) is 11.6 Å². The van der Waals surface area contributed by atoms with Gasteiger partial charge in [0.15, 0.2) is 5.65 Å². The SMILES string of the molecule is Fc1cccc(F)c1-c1cnc2c(Cl)cccn12. The van der Waals surface area contributed by atoms with Crippen LogP contribution in [0.25, 0.3) is 16.9 Å². The Balaban J connectivity index is 2.36. The van der Waals surface area contributed by atoms with Gasteiger partial charge in [0, 0.05) is 6.20 Å². The smallest absolute Gasteiger partial charge is 0.156 e. The highest BCUT2D eigenvalue weighted by Gasteiger charge is 2.15. The number of benzene rings is 1. The van der Waals surface area contributed by atoms with E-state index in [0.717, 1.165) is 0 Å². The van der Waals surface area contributed by atoms with Crippen molar-refractivity contribution in [2.75, 3.05) is 0 Å². The van der Waals surface area contributed by atoms with Crippen LogP contribution in [0.3, 0.4) is 0 Å². The first-order valence-electron chi connectivity index (χ1n) is 5.24. The van der Waals surface area contributed by atoms with Crippen molar-refractivity contribution in [1.82, 2.24) is 9.38 Å². The molecule has 0 radical (unpaired) electrons. The molecule has 3 rings (SSSR count). The van der Waals surface area contributed by atoms with E-state index >= 15 is 0 Å². The van der Waals surface area contributed by atoms with Crippen LogP contribution in [0.2, 0.25) is 5.02 Å². The number of pyridine rings is 1. The van der Waals surface area contributed by atoms with Crippen molar-refractivity contribution in [3.63, 3.8) is 0 Å². The molecule has 0 atom stereocenters. The monoisotopic (exact) mass is 264 g/mol. The summed E-state index contributed by atoms with van der Waals surface area (Å²) < 4.78 is 29.0. The number of imidazole rings is 1. The first kappa shape index (κ1) is 11.2. The van der Waals surface area contributed by atoms with Crippen LogP contribution in [-0.2, 0) is 0 Å².